The van der Waals surface area contributed by atoms with Crippen LogP contribution in [0.5, 0.6) is 11.5 Å². The average molecular weight is 480 g/mol. The van der Waals surface area contributed by atoms with E-state index in [1.54, 1.807) is 0 Å². The molecule has 4 atom stereocenters. The number of hydrazine groups is 1. The molecule has 0 amide bonds. The van der Waals surface area contributed by atoms with Crippen molar-refractivity contribution in [2.75, 3.05) is 17.3 Å². The van der Waals surface area contributed by atoms with Crippen LogP contribution < -0.4 is 15.5 Å². The van der Waals surface area contributed by atoms with Crippen LogP contribution in [0.4, 0.5) is 11.6 Å². The zero-order chi connectivity index (χ0) is 23.5. The molecule has 1 aliphatic carbocycles. The molecule has 2 aliphatic rings. The maximum Gasteiger partial charge on any atom is 0.152 e. The highest BCUT2D eigenvalue weighted by Crippen LogP contribution is 2.42. The first-order valence-corrected chi connectivity index (χ1v) is 11.7. The molecule has 176 valence electrons. The Kier molecular flexibility index (Phi) is 6.62. The predicted octanol–water partition coefficient (Wildman–Crippen LogP) is 4.66. The number of nitrogens with zero attached hydrogens (tertiary/aromatic N) is 3. The number of hydrogen-bond donors (Lipinski definition) is 3. The highest BCUT2D eigenvalue weighted by atomic mass is 35.5. The SMILES string of the molecule is O=CC1c2c(N[C@@H]3CC[C@@H](CO)CC3c3ccc(Oc4ccccc4)cc3)ncnc2NN1Cl. The summed E-state index contributed by atoms with van der Waals surface area (Å²) in [6.45, 7) is 0.166. The fraction of sp³-hybridized carbons (Fsp3) is 0.320. The standard InChI is InChI=1S/C25H26ClN5O3/c26-31-22(14-33)23-24(27-15-28-25(23)30-31)29-21-11-6-16(13-32)12-20(21)17-7-9-19(10-8-17)34-18-4-2-1-3-5-18/h1-5,7-10,14-16,20-22,32H,6,11-13H2,(H2,27,28,29,30)/t16-,20?,21-,22?/m1/s1. The molecule has 9 heteroatoms. The third-order valence-electron chi connectivity index (χ3n) is 6.59. The molecule has 2 heterocycles. The van der Waals surface area contributed by atoms with Gasteiger partial charge in [-0.2, -0.15) is 0 Å². The van der Waals surface area contributed by atoms with Crippen molar-refractivity contribution < 1.29 is 14.6 Å². The first-order chi connectivity index (χ1) is 16.7. The van der Waals surface area contributed by atoms with Gasteiger partial charge in [0, 0.05) is 30.3 Å². The van der Waals surface area contributed by atoms with E-state index in [9.17, 15) is 9.90 Å². The maximum atomic E-state index is 11.7. The van der Waals surface area contributed by atoms with Gasteiger partial charge in [0.2, 0.25) is 0 Å². The van der Waals surface area contributed by atoms with E-state index >= 15 is 0 Å². The van der Waals surface area contributed by atoms with Gasteiger partial charge in [-0.15, -0.1) is 4.53 Å². The van der Waals surface area contributed by atoms with Crippen LogP contribution >= 0.6 is 11.8 Å². The number of anilines is 2. The van der Waals surface area contributed by atoms with Crippen molar-refractivity contribution in [3.8, 4) is 11.5 Å². The van der Waals surface area contributed by atoms with Gasteiger partial charge in [-0.05, 0) is 55.0 Å². The molecule has 1 fully saturated rings. The van der Waals surface area contributed by atoms with E-state index in [1.165, 1.54) is 10.9 Å². The number of aliphatic hydroxyl groups excluding tert-OH is 1. The van der Waals surface area contributed by atoms with Crippen molar-refractivity contribution in [1.29, 1.82) is 0 Å². The van der Waals surface area contributed by atoms with Crippen LogP contribution in [0.25, 0.3) is 0 Å². The summed E-state index contributed by atoms with van der Waals surface area (Å²) in [5.74, 6) is 3.06. The molecule has 1 aliphatic heterocycles. The number of para-hydroxylation sites is 1. The summed E-state index contributed by atoms with van der Waals surface area (Å²) < 4.78 is 7.15. The lowest BCUT2D eigenvalue weighted by Gasteiger charge is -2.37. The van der Waals surface area contributed by atoms with Crippen LogP contribution in [0.3, 0.4) is 0 Å². The molecule has 2 aromatic carbocycles. The van der Waals surface area contributed by atoms with Crippen molar-refractivity contribution >= 4 is 29.7 Å². The maximum absolute atomic E-state index is 11.7. The minimum absolute atomic E-state index is 0.0689. The van der Waals surface area contributed by atoms with Gasteiger partial charge in [-0.25, -0.2) is 9.97 Å². The van der Waals surface area contributed by atoms with Crippen molar-refractivity contribution in [2.45, 2.75) is 37.3 Å². The number of aldehydes is 1. The molecule has 0 spiro atoms. The van der Waals surface area contributed by atoms with E-state index in [-0.39, 0.29) is 24.5 Å². The van der Waals surface area contributed by atoms with Crippen LogP contribution in [-0.4, -0.2) is 38.5 Å². The zero-order valence-electron chi connectivity index (χ0n) is 18.5. The Bertz CT molecular complexity index is 1130. The highest BCUT2D eigenvalue weighted by Gasteiger charge is 2.36. The predicted molar refractivity (Wildman–Crippen MR) is 130 cm³/mol. The number of carbonyl (C=O) groups is 1. The molecule has 2 unspecified atom stereocenters. The van der Waals surface area contributed by atoms with Crippen molar-refractivity contribution in [3.05, 3.63) is 72.1 Å². The normalized spacial score (nSPS) is 24.2. The van der Waals surface area contributed by atoms with Gasteiger partial charge in [0.25, 0.3) is 0 Å². The molecule has 0 saturated heterocycles. The fourth-order valence-electron chi connectivity index (χ4n) is 4.83. The Hall–Kier alpha value is -3.20. The molecular formula is C25H26ClN5O3. The number of halogens is 1. The molecule has 5 rings (SSSR count). The monoisotopic (exact) mass is 479 g/mol. The first-order valence-electron chi connectivity index (χ1n) is 11.4. The Morgan fingerprint density at radius 1 is 1.12 bits per heavy atom. The number of fused-ring (bicyclic) bond motifs is 1. The van der Waals surface area contributed by atoms with Crippen molar-refractivity contribution in [2.24, 2.45) is 5.92 Å². The van der Waals surface area contributed by atoms with Gasteiger partial charge in [0.05, 0.1) is 5.56 Å². The molecule has 0 radical (unpaired) electrons. The third-order valence-corrected chi connectivity index (χ3v) is 6.89. The number of benzene rings is 2. The summed E-state index contributed by atoms with van der Waals surface area (Å²) in [6, 6.07) is 17.2. The van der Waals surface area contributed by atoms with Crippen molar-refractivity contribution in [3.63, 3.8) is 0 Å². The topological polar surface area (TPSA) is 99.6 Å². The minimum atomic E-state index is -0.679. The van der Waals surface area contributed by atoms with E-state index < -0.39 is 6.04 Å². The smallest absolute Gasteiger partial charge is 0.152 e. The Labute approximate surface area is 203 Å². The van der Waals surface area contributed by atoms with Gasteiger partial charge in [-0.3, -0.25) is 5.43 Å². The van der Waals surface area contributed by atoms with Crippen LogP contribution in [0.2, 0.25) is 0 Å². The third kappa shape index (κ3) is 4.57. The Balaban J connectivity index is 1.39. The summed E-state index contributed by atoms with van der Waals surface area (Å²) in [5, 5.41) is 13.4. The van der Waals surface area contributed by atoms with Gasteiger partial charge in [0.15, 0.2) is 5.82 Å². The number of carbonyl (C=O) groups excluding carboxylic acids is 1. The second-order valence-corrected chi connectivity index (χ2v) is 9.06. The fourth-order valence-corrected chi connectivity index (χ4v) is 5.06. The number of ether oxygens (including phenoxy) is 1. The van der Waals surface area contributed by atoms with Gasteiger partial charge >= 0.3 is 0 Å². The van der Waals surface area contributed by atoms with Gasteiger partial charge in [-0.1, -0.05) is 30.3 Å². The molecule has 3 aromatic rings. The molecular weight excluding hydrogens is 454 g/mol. The lowest BCUT2D eigenvalue weighted by Crippen LogP contribution is -2.35. The van der Waals surface area contributed by atoms with Crippen LogP contribution in [0.15, 0.2) is 60.9 Å². The number of aromatic nitrogens is 2. The number of hydrogen-bond acceptors (Lipinski definition) is 8. The van der Waals surface area contributed by atoms with E-state index in [0.717, 1.165) is 42.6 Å². The molecule has 3 N–H and O–H groups in total. The highest BCUT2D eigenvalue weighted by molar-refractivity contribution is 6.15. The van der Waals surface area contributed by atoms with Gasteiger partial charge < -0.3 is 20.0 Å². The van der Waals surface area contributed by atoms with Gasteiger partial charge in [0.1, 0.15) is 36.0 Å². The number of aliphatic hydroxyl groups is 1. The summed E-state index contributed by atoms with van der Waals surface area (Å²) >= 11 is 6.15. The van der Waals surface area contributed by atoms with E-state index in [0.29, 0.717) is 17.2 Å². The van der Waals surface area contributed by atoms with Crippen LogP contribution in [0.1, 0.15) is 42.3 Å². The molecule has 1 saturated carbocycles. The van der Waals surface area contributed by atoms with E-state index in [4.69, 9.17) is 16.5 Å². The van der Waals surface area contributed by atoms with Crippen LogP contribution in [0, 0.1) is 5.92 Å². The summed E-state index contributed by atoms with van der Waals surface area (Å²) in [7, 11) is 0. The molecule has 0 bridgehead atoms. The lowest BCUT2D eigenvalue weighted by atomic mass is 9.75. The summed E-state index contributed by atoms with van der Waals surface area (Å²) in [6.07, 6.45) is 4.84. The van der Waals surface area contributed by atoms with E-state index in [1.807, 2.05) is 42.5 Å². The summed E-state index contributed by atoms with van der Waals surface area (Å²) in [5.41, 5.74) is 4.69. The molecule has 1 aromatic heterocycles. The largest absolute Gasteiger partial charge is 0.457 e. The zero-order valence-corrected chi connectivity index (χ0v) is 19.2. The second kappa shape index (κ2) is 9.97. The number of rotatable bonds is 7. The molecule has 8 nitrogen and oxygen atoms in total. The second-order valence-electron chi connectivity index (χ2n) is 8.69. The minimum Gasteiger partial charge on any atom is -0.457 e. The average Bonchev–Trinajstić information content (AvgIpc) is 3.21. The van der Waals surface area contributed by atoms with E-state index in [2.05, 4.69) is 32.8 Å². The number of nitrogens with one attached hydrogen (secondary N) is 2. The quantitative estimate of drug-likeness (QED) is 0.332. The molecule has 34 heavy (non-hydrogen) atoms. The van der Waals surface area contributed by atoms with Crippen molar-refractivity contribution in [1.82, 2.24) is 14.5 Å². The van der Waals surface area contributed by atoms with Crippen LogP contribution in [-0.2, 0) is 4.79 Å². The lowest BCUT2D eigenvalue weighted by molar-refractivity contribution is -0.110. The first kappa shape index (κ1) is 22.6. The summed E-state index contributed by atoms with van der Waals surface area (Å²) in [4.78, 5) is 20.3. The Morgan fingerprint density at radius 3 is 2.62 bits per heavy atom. The Morgan fingerprint density at radius 2 is 1.88 bits per heavy atom.